The van der Waals surface area contributed by atoms with Crippen LogP contribution in [0.3, 0.4) is 0 Å². The monoisotopic (exact) mass is 279 g/mol. The van der Waals surface area contributed by atoms with Crippen molar-refractivity contribution in [2.45, 2.75) is 77.0 Å². The Morgan fingerprint density at radius 1 is 1.30 bits per heavy atom. The molecule has 2 heterocycles. The molecule has 3 fully saturated rings. The lowest BCUT2D eigenvalue weighted by molar-refractivity contribution is 0.0992. The summed E-state index contributed by atoms with van der Waals surface area (Å²) in [6.07, 6.45) is 9.89. The van der Waals surface area contributed by atoms with Gasteiger partial charge in [-0.3, -0.25) is 4.99 Å². The van der Waals surface area contributed by atoms with Gasteiger partial charge in [-0.1, -0.05) is 19.8 Å². The van der Waals surface area contributed by atoms with E-state index in [9.17, 15) is 0 Å². The standard InChI is InChI=1S/C16H29N3O/c1-3-17-15(18-11-16(2)8-4-5-9-16)19-13-10-12-6-7-14(13)20-12/h12-14H,3-11H2,1-2H3,(H2,17,18,19). The third-order valence-electron chi connectivity index (χ3n) is 5.20. The van der Waals surface area contributed by atoms with Gasteiger partial charge in [0, 0.05) is 13.1 Å². The molecule has 20 heavy (non-hydrogen) atoms. The molecule has 0 amide bonds. The largest absolute Gasteiger partial charge is 0.373 e. The van der Waals surface area contributed by atoms with Crippen LogP contribution in [-0.4, -0.2) is 37.3 Å². The SMILES string of the molecule is CCNC(=NCC1(C)CCCC1)NC1CC2CCC1O2. The van der Waals surface area contributed by atoms with E-state index in [0.717, 1.165) is 25.5 Å². The molecular weight excluding hydrogens is 250 g/mol. The Balaban J connectivity index is 1.57. The van der Waals surface area contributed by atoms with Crippen LogP contribution in [0.1, 0.15) is 58.8 Å². The first-order chi connectivity index (χ1) is 9.68. The average Bonchev–Trinajstić information content (AvgIpc) is 3.13. The van der Waals surface area contributed by atoms with Crippen molar-refractivity contribution in [3.05, 3.63) is 0 Å². The highest BCUT2D eigenvalue weighted by atomic mass is 16.5. The zero-order chi connectivity index (χ0) is 14.0. The van der Waals surface area contributed by atoms with E-state index in [0.29, 0.717) is 23.7 Å². The minimum atomic E-state index is 0.408. The third-order valence-corrected chi connectivity index (χ3v) is 5.20. The molecule has 4 heteroatoms. The van der Waals surface area contributed by atoms with E-state index < -0.39 is 0 Å². The minimum Gasteiger partial charge on any atom is -0.373 e. The number of aliphatic imine (C=N–C) groups is 1. The maximum absolute atomic E-state index is 5.92. The van der Waals surface area contributed by atoms with E-state index in [4.69, 9.17) is 9.73 Å². The number of guanidine groups is 1. The van der Waals surface area contributed by atoms with E-state index >= 15 is 0 Å². The van der Waals surface area contributed by atoms with Crippen molar-refractivity contribution in [2.75, 3.05) is 13.1 Å². The van der Waals surface area contributed by atoms with E-state index in [1.165, 1.54) is 38.5 Å². The van der Waals surface area contributed by atoms with Gasteiger partial charge in [-0.25, -0.2) is 0 Å². The number of nitrogens with zero attached hydrogens (tertiary/aromatic N) is 1. The van der Waals surface area contributed by atoms with Gasteiger partial charge in [0.1, 0.15) is 0 Å². The summed E-state index contributed by atoms with van der Waals surface area (Å²) >= 11 is 0. The molecule has 1 saturated carbocycles. The van der Waals surface area contributed by atoms with Gasteiger partial charge >= 0.3 is 0 Å². The predicted molar refractivity (Wildman–Crippen MR) is 82.0 cm³/mol. The van der Waals surface area contributed by atoms with E-state index in [1.54, 1.807) is 0 Å². The molecule has 3 aliphatic rings. The zero-order valence-corrected chi connectivity index (χ0v) is 13.0. The van der Waals surface area contributed by atoms with Gasteiger partial charge in [0.2, 0.25) is 0 Å². The molecule has 2 N–H and O–H groups in total. The van der Waals surface area contributed by atoms with Crippen molar-refractivity contribution < 1.29 is 4.74 Å². The van der Waals surface area contributed by atoms with Gasteiger partial charge in [0.25, 0.3) is 0 Å². The van der Waals surface area contributed by atoms with E-state index in [1.807, 2.05) is 0 Å². The van der Waals surface area contributed by atoms with Crippen LogP contribution in [0.2, 0.25) is 0 Å². The molecule has 0 aromatic carbocycles. The molecule has 3 unspecified atom stereocenters. The molecule has 0 aromatic heterocycles. The summed E-state index contributed by atoms with van der Waals surface area (Å²) in [5.41, 5.74) is 0.424. The van der Waals surface area contributed by atoms with Crippen molar-refractivity contribution in [2.24, 2.45) is 10.4 Å². The molecule has 0 spiro atoms. The predicted octanol–water partition coefficient (Wildman–Crippen LogP) is 2.44. The molecule has 1 aliphatic carbocycles. The lowest BCUT2D eigenvalue weighted by Gasteiger charge is -2.25. The summed E-state index contributed by atoms with van der Waals surface area (Å²) in [6, 6.07) is 0.461. The summed E-state index contributed by atoms with van der Waals surface area (Å²) in [5.74, 6) is 0.988. The van der Waals surface area contributed by atoms with Crippen LogP contribution in [0.4, 0.5) is 0 Å². The number of hydrogen-bond acceptors (Lipinski definition) is 2. The van der Waals surface area contributed by atoms with Crippen molar-refractivity contribution in [3.8, 4) is 0 Å². The molecule has 114 valence electrons. The fourth-order valence-electron chi connectivity index (χ4n) is 3.94. The van der Waals surface area contributed by atoms with Crippen molar-refractivity contribution in [1.29, 1.82) is 0 Å². The Kier molecular flexibility index (Phi) is 4.20. The Bertz CT molecular complexity index is 363. The normalized spacial score (nSPS) is 35.5. The zero-order valence-electron chi connectivity index (χ0n) is 13.0. The number of nitrogens with one attached hydrogen (secondary N) is 2. The van der Waals surface area contributed by atoms with Crippen LogP contribution in [0.5, 0.6) is 0 Å². The second-order valence-electron chi connectivity index (χ2n) is 7.07. The summed E-state index contributed by atoms with van der Waals surface area (Å²) in [5, 5.41) is 7.00. The van der Waals surface area contributed by atoms with Crippen LogP contribution in [-0.2, 0) is 4.74 Å². The van der Waals surface area contributed by atoms with Gasteiger partial charge in [0.15, 0.2) is 5.96 Å². The smallest absolute Gasteiger partial charge is 0.191 e. The Labute approximate surface area is 122 Å². The van der Waals surface area contributed by atoms with Gasteiger partial charge in [-0.2, -0.15) is 0 Å². The molecule has 2 aliphatic heterocycles. The number of hydrogen-bond donors (Lipinski definition) is 2. The lowest BCUT2D eigenvalue weighted by atomic mass is 9.89. The quantitative estimate of drug-likeness (QED) is 0.614. The first-order valence-electron chi connectivity index (χ1n) is 8.39. The highest BCUT2D eigenvalue weighted by Crippen LogP contribution is 2.37. The maximum atomic E-state index is 5.92. The van der Waals surface area contributed by atoms with Gasteiger partial charge in [0.05, 0.1) is 18.2 Å². The van der Waals surface area contributed by atoms with Gasteiger partial charge in [-0.15, -0.1) is 0 Å². The molecule has 4 nitrogen and oxygen atoms in total. The maximum Gasteiger partial charge on any atom is 0.191 e. The van der Waals surface area contributed by atoms with E-state index in [-0.39, 0.29) is 0 Å². The fraction of sp³-hybridized carbons (Fsp3) is 0.938. The number of ether oxygens (including phenoxy) is 1. The summed E-state index contributed by atoms with van der Waals surface area (Å²) in [7, 11) is 0. The third kappa shape index (κ3) is 3.11. The van der Waals surface area contributed by atoms with E-state index in [2.05, 4.69) is 24.5 Å². The lowest BCUT2D eigenvalue weighted by Crippen LogP contribution is -2.47. The van der Waals surface area contributed by atoms with Crippen LogP contribution in [0.25, 0.3) is 0 Å². The van der Waals surface area contributed by atoms with Crippen LogP contribution >= 0.6 is 0 Å². The molecule has 3 atom stereocenters. The van der Waals surface area contributed by atoms with Crippen molar-refractivity contribution in [3.63, 3.8) is 0 Å². The highest BCUT2D eigenvalue weighted by molar-refractivity contribution is 5.80. The fourth-order valence-corrected chi connectivity index (χ4v) is 3.94. The van der Waals surface area contributed by atoms with Crippen molar-refractivity contribution >= 4 is 5.96 Å². The number of fused-ring (bicyclic) bond motifs is 2. The molecule has 2 saturated heterocycles. The van der Waals surface area contributed by atoms with Gasteiger partial charge in [-0.05, 0) is 44.4 Å². The molecule has 3 rings (SSSR count). The first kappa shape index (κ1) is 14.2. The van der Waals surface area contributed by atoms with Crippen LogP contribution in [0, 0.1) is 5.41 Å². The summed E-state index contributed by atoms with van der Waals surface area (Å²) in [4.78, 5) is 4.85. The molecule has 0 radical (unpaired) electrons. The van der Waals surface area contributed by atoms with Crippen LogP contribution in [0.15, 0.2) is 4.99 Å². The molecule has 0 aromatic rings. The Morgan fingerprint density at radius 2 is 2.10 bits per heavy atom. The Hall–Kier alpha value is -0.770. The first-order valence-corrected chi connectivity index (χ1v) is 8.39. The topological polar surface area (TPSA) is 45.7 Å². The van der Waals surface area contributed by atoms with Crippen molar-refractivity contribution in [1.82, 2.24) is 10.6 Å². The second kappa shape index (κ2) is 5.92. The average molecular weight is 279 g/mol. The van der Waals surface area contributed by atoms with Gasteiger partial charge < -0.3 is 15.4 Å². The summed E-state index contributed by atoms with van der Waals surface area (Å²) < 4.78 is 5.92. The number of rotatable bonds is 4. The summed E-state index contributed by atoms with van der Waals surface area (Å²) in [6.45, 7) is 6.38. The Morgan fingerprint density at radius 3 is 2.70 bits per heavy atom. The minimum absolute atomic E-state index is 0.408. The highest BCUT2D eigenvalue weighted by Gasteiger charge is 2.41. The van der Waals surface area contributed by atoms with Crippen LogP contribution < -0.4 is 10.6 Å². The molecule has 2 bridgehead atoms. The second-order valence-corrected chi connectivity index (χ2v) is 7.07. The molecular formula is C16H29N3O.